The predicted molar refractivity (Wildman–Crippen MR) is 85.7 cm³/mol. The number of aromatic nitrogens is 2. The first-order valence-electron chi connectivity index (χ1n) is 7.90. The summed E-state index contributed by atoms with van der Waals surface area (Å²) in [5.41, 5.74) is 3.12. The van der Waals surface area contributed by atoms with Gasteiger partial charge in [-0.25, -0.2) is 0 Å². The molecule has 4 nitrogen and oxygen atoms in total. The van der Waals surface area contributed by atoms with E-state index in [1.807, 2.05) is 24.4 Å². The average Bonchev–Trinajstić information content (AvgIpc) is 3.06. The Balaban J connectivity index is 1.86. The summed E-state index contributed by atoms with van der Waals surface area (Å²) in [5.74, 6) is 0.768. The van der Waals surface area contributed by atoms with Gasteiger partial charge in [-0.2, -0.15) is 10.4 Å². The summed E-state index contributed by atoms with van der Waals surface area (Å²) in [6, 6.07) is 8.73. The molecule has 2 aromatic rings. The molecule has 0 radical (unpaired) electrons. The second-order valence-electron chi connectivity index (χ2n) is 5.86. The Morgan fingerprint density at radius 3 is 2.82 bits per heavy atom. The number of nitriles is 1. The third-order valence-corrected chi connectivity index (χ3v) is 4.43. The summed E-state index contributed by atoms with van der Waals surface area (Å²) in [5, 5.41) is 13.5. The van der Waals surface area contributed by atoms with Crippen LogP contribution in [-0.4, -0.2) is 16.9 Å². The van der Waals surface area contributed by atoms with Gasteiger partial charge >= 0.3 is 0 Å². The Labute approximate surface area is 131 Å². The number of methoxy groups -OCH3 is 1. The first-order chi connectivity index (χ1) is 10.8. The molecule has 0 N–H and O–H groups in total. The summed E-state index contributed by atoms with van der Waals surface area (Å²) in [6.07, 6.45) is 10.8. The third-order valence-electron chi connectivity index (χ3n) is 4.43. The highest BCUT2D eigenvalue weighted by molar-refractivity contribution is 5.64. The number of hydrogen-bond acceptors (Lipinski definition) is 3. The van der Waals surface area contributed by atoms with E-state index in [1.54, 1.807) is 7.11 Å². The zero-order valence-corrected chi connectivity index (χ0v) is 13.0. The van der Waals surface area contributed by atoms with Crippen LogP contribution in [0.4, 0.5) is 0 Å². The molecular weight excluding hydrogens is 274 g/mol. The molecular formula is C18H21N3O. The monoisotopic (exact) mass is 295 g/mol. The van der Waals surface area contributed by atoms with Crippen molar-refractivity contribution in [2.24, 2.45) is 0 Å². The van der Waals surface area contributed by atoms with Crippen molar-refractivity contribution in [3.8, 4) is 22.9 Å². The van der Waals surface area contributed by atoms with Crippen molar-refractivity contribution < 1.29 is 4.74 Å². The van der Waals surface area contributed by atoms with E-state index < -0.39 is 0 Å². The van der Waals surface area contributed by atoms with Crippen LogP contribution in [0.5, 0.6) is 5.75 Å². The molecule has 1 saturated carbocycles. The molecule has 1 fully saturated rings. The highest BCUT2D eigenvalue weighted by Crippen LogP contribution is 2.31. The Hall–Kier alpha value is -2.28. The molecule has 1 aliphatic carbocycles. The van der Waals surface area contributed by atoms with E-state index in [2.05, 4.69) is 22.0 Å². The topological polar surface area (TPSA) is 50.8 Å². The zero-order valence-electron chi connectivity index (χ0n) is 13.0. The fourth-order valence-electron chi connectivity index (χ4n) is 3.21. The third kappa shape index (κ3) is 2.99. The molecule has 0 aliphatic heterocycles. The van der Waals surface area contributed by atoms with Gasteiger partial charge in [0, 0.05) is 17.3 Å². The van der Waals surface area contributed by atoms with E-state index in [0.29, 0.717) is 12.5 Å². The number of benzene rings is 1. The summed E-state index contributed by atoms with van der Waals surface area (Å²) in [7, 11) is 1.64. The number of hydrogen-bond donors (Lipinski definition) is 0. The maximum atomic E-state index is 8.95. The molecule has 0 amide bonds. The van der Waals surface area contributed by atoms with Crippen LogP contribution in [0.1, 0.15) is 43.7 Å². The van der Waals surface area contributed by atoms with Gasteiger partial charge in [0.05, 0.1) is 31.8 Å². The van der Waals surface area contributed by atoms with Crippen molar-refractivity contribution in [1.82, 2.24) is 9.78 Å². The lowest BCUT2D eigenvalue weighted by atomic mass is 9.96. The molecule has 3 rings (SSSR count). The summed E-state index contributed by atoms with van der Waals surface area (Å²) >= 11 is 0. The molecule has 0 unspecified atom stereocenters. The minimum absolute atomic E-state index is 0.355. The lowest BCUT2D eigenvalue weighted by molar-refractivity contribution is 0.329. The standard InChI is InChI=1S/C18H21N3O/c1-22-18-8-7-14(11-15(18)9-10-19)16-12-20-21(13-16)17-5-3-2-4-6-17/h7-8,11-13,17H,2-6,9H2,1H3. The Kier molecular flexibility index (Phi) is 4.43. The highest BCUT2D eigenvalue weighted by atomic mass is 16.5. The molecule has 1 heterocycles. The van der Waals surface area contributed by atoms with Crippen molar-refractivity contribution in [1.29, 1.82) is 5.26 Å². The van der Waals surface area contributed by atoms with E-state index in [-0.39, 0.29) is 0 Å². The smallest absolute Gasteiger partial charge is 0.123 e. The fourth-order valence-corrected chi connectivity index (χ4v) is 3.21. The molecule has 4 heteroatoms. The number of ether oxygens (including phenoxy) is 1. The van der Waals surface area contributed by atoms with E-state index in [1.165, 1.54) is 32.1 Å². The molecule has 0 spiro atoms. The normalized spacial score (nSPS) is 15.5. The van der Waals surface area contributed by atoms with Crippen LogP contribution < -0.4 is 4.74 Å². The Morgan fingerprint density at radius 1 is 1.27 bits per heavy atom. The van der Waals surface area contributed by atoms with Gasteiger partial charge in [-0.15, -0.1) is 0 Å². The first kappa shape index (κ1) is 14.6. The summed E-state index contributed by atoms with van der Waals surface area (Å²) < 4.78 is 7.43. The number of rotatable bonds is 4. The molecule has 114 valence electrons. The molecule has 1 aliphatic rings. The van der Waals surface area contributed by atoms with Gasteiger partial charge in [0.1, 0.15) is 5.75 Å². The van der Waals surface area contributed by atoms with Crippen LogP contribution >= 0.6 is 0 Å². The SMILES string of the molecule is COc1ccc(-c2cnn(C3CCCCC3)c2)cc1CC#N. The van der Waals surface area contributed by atoms with Crippen molar-refractivity contribution in [3.63, 3.8) is 0 Å². The maximum Gasteiger partial charge on any atom is 0.123 e. The average molecular weight is 295 g/mol. The molecule has 0 bridgehead atoms. The van der Waals surface area contributed by atoms with Gasteiger partial charge in [-0.1, -0.05) is 25.3 Å². The minimum atomic E-state index is 0.355. The van der Waals surface area contributed by atoms with E-state index in [0.717, 1.165) is 22.4 Å². The second-order valence-corrected chi connectivity index (χ2v) is 5.86. The van der Waals surface area contributed by atoms with Crippen LogP contribution in [0.15, 0.2) is 30.6 Å². The van der Waals surface area contributed by atoms with Gasteiger partial charge in [-0.05, 0) is 30.5 Å². The fraction of sp³-hybridized carbons (Fsp3) is 0.444. The summed E-state index contributed by atoms with van der Waals surface area (Å²) in [6.45, 7) is 0. The van der Waals surface area contributed by atoms with Crippen LogP contribution in [0.3, 0.4) is 0 Å². The van der Waals surface area contributed by atoms with E-state index >= 15 is 0 Å². The van der Waals surface area contributed by atoms with Crippen LogP contribution in [0.25, 0.3) is 11.1 Å². The molecule has 1 aromatic carbocycles. The van der Waals surface area contributed by atoms with Crippen LogP contribution in [0, 0.1) is 11.3 Å². The molecule has 0 atom stereocenters. The Bertz CT molecular complexity index is 678. The lowest BCUT2D eigenvalue weighted by Gasteiger charge is -2.21. The summed E-state index contributed by atoms with van der Waals surface area (Å²) in [4.78, 5) is 0. The maximum absolute atomic E-state index is 8.95. The highest BCUT2D eigenvalue weighted by Gasteiger charge is 2.16. The zero-order chi connectivity index (χ0) is 15.4. The van der Waals surface area contributed by atoms with Gasteiger partial charge < -0.3 is 4.74 Å². The van der Waals surface area contributed by atoms with Crippen molar-refractivity contribution >= 4 is 0 Å². The van der Waals surface area contributed by atoms with Crippen molar-refractivity contribution in [3.05, 3.63) is 36.2 Å². The van der Waals surface area contributed by atoms with Crippen molar-refractivity contribution in [2.75, 3.05) is 7.11 Å². The largest absolute Gasteiger partial charge is 0.496 e. The molecule has 22 heavy (non-hydrogen) atoms. The second kappa shape index (κ2) is 6.65. The predicted octanol–water partition coefficient (Wildman–Crippen LogP) is 4.13. The quantitative estimate of drug-likeness (QED) is 0.852. The van der Waals surface area contributed by atoms with Gasteiger partial charge in [0.25, 0.3) is 0 Å². The van der Waals surface area contributed by atoms with Crippen molar-refractivity contribution in [2.45, 2.75) is 44.6 Å². The molecule has 1 aromatic heterocycles. The van der Waals surface area contributed by atoms with Gasteiger partial charge in [0.2, 0.25) is 0 Å². The van der Waals surface area contributed by atoms with E-state index in [4.69, 9.17) is 10.00 Å². The van der Waals surface area contributed by atoms with E-state index in [9.17, 15) is 0 Å². The first-order valence-corrected chi connectivity index (χ1v) is 7.90. The van der Waals surface area contributed by atoms with Crippen LogP contribution in [0.2, 0.25) is 0 Å². The Morgan fingerprint density at radius 2 is 2.09 bits per heavy atom. The lowest BCUT2D eigenvalue weighted by Crippen LogP contribution is -2.12. The van der Waals surface area contributed by atoms with Gasteiger partial charge in [0.15, 0.2) is 0 Å². The minimum Gasteiger partial charge on any atom is -0.496 e. The molecule has 0 saturated heterocycles. The number of nitrogens with zero attached hydrogens (tertiary/aromatic N) is 3. The van der Waals surface area contributed by atoms with Gasteiger partial charge in [-0.3, -0.25) is 4.68 Å². The van der Waals surface area contributed by atoms with Crippen LogP contribution in [-0.2, 0) is 6.42 Å².